The Kier molecular flexibility index (Phi) is 6.32. The fourth-order valence-electron chi connectivity index (χ4n) is 3.40. The topological polar surface area (TPSA) is 76.0 Å². The molecule has 1 saturated heterocycles. The van der Waals surface area contributed by atoms with Crippen molar-refractivity contribution in [3.8, 4) is 22.6 Å². The Bertz CT molecular complexity index is 1390. The van der Waals surface area contributed by atoms with Gasteiger partial charge in [0.2, 0.25) is 0 Å². The quantitative estimate of drug-likeness (QED) is 0.298. The number of carbonyl (C=O) groups is 2. The molecule has 0 atom stereocenters. The molecule has 1 aliphatic heterocycles. The molecule has 4 aromatic rings. The number of hydrogen-bond donors (Lipinski definition) is 0. The van der Waals surface area contributed by atoms with Gasteiger partial charge in [-0.3, -0.25) is 14.5 Å². The molecule has 2 aromatic carbocycles. The van der Waals surface area contributed by atoms with Gasteiger partial charge in [-0.25, -0.2) is 0 Å². The molecule has 0 spiro atoms. The summed E-state index contributed by atoms with van der Waals surface area (Å²) < 4.78 is 11.5. The Labute approximate surface area is 209 Å². The molecule has 0 radical (unpaired) electrons. The van der Waals surface area contributed by atoms with E-state index < -0.39 is 5.91 Å². The van der Waals surface area contributed by atoms with Crippen LogP contribution in [0.15, 0.2) is 86.6 Å². The zero-order valence-electron chi connectivity index (χ0n) is 17.5. The van der Waals surface area contributed by atoms with Crippen LogP contribution >= 0.6 is 35.0 Å². The number of thioether (sulfide) groups is 1. The fourth-order valence-corrected chi connectivity index (χ4v) is 4.59. The molecule has 0 saturated carbocycles. The van der Waals surface area contributed by atoms with Crippen molar-refractivity contribution < 1.29 is 18.4 Å². The summed E-state index contributed by atoms with van der Waals surface area (Å²) >= 11 is 13.2. The van der Waals surface area contributed by atoms with Crippen molar-refractivity contribution in [2.24, 2.45) is 4.99 Å². The Hall–Kier alpha value is -3.26. The highest BCUT2D eigenvalue weighted by Gasteiger charge is 2.30. The highest BCUT2D eigenvalue weighted by Crippen LogP contribution is 2.28. The van der Waals surface area contributed by atoms with Gasteiger partial charge in [-0.2, -0.15) is 4.99 Å². The maximum Gasteiger partial charge on any atom is 0.315 e. The number of amidine groups is 1. The van der Waals surface area contributed by atoms with E-state index in [2.05, 4.69) is 4.99 Å². The second-order valence-corrected chi connectivity index (χ2v) is 9.28. The van der Waals surface area contributed by atoms with Gasteiger partial charge in [0.15, 0.2) is 16.7 Å². The summed E-state index contributed by atoms with van der Waals surface area (Å²) in [5.74, 6) is 1.01. The molecule has 2 amide bonds. The first-order valence-electron chi connectivity index (χ1n) is 10.3. The van der Waals surface area contributed by atoms with E-state index in [-0.39, 0.29) is 17.4 Å². The van der Waals surface area contributed by atoms with Crippen molar-refractivity contribution in [3.05, 3.63) is 94.4 Å². The number of aliphatic imine (C=N–C) groups is 1. The van der Waals surface area contributed by atoms with E-state index in [0.717, 1.165) is 11.1 Å². The summed E-state index contributed by atoms with van der Waals surface area (Å²) in [5, 5.41) is 1.53. The lowest BCUT2D eigenvalue weighted by Gasteiger charge is -2.13. The third kappa shape index (κ3) is 4.68. The molecule has 2 aromatic heterocycles. The number of furan rings is 2. The summed E-state index contributed by atoms with van der Waals surface area (Å²) in [5.41, 5.74) is 1.59. The highest BCUT2D eigenvalue weighted by atomic mass is 35.5. The number of benzene rings is 2. The maximum atomic E-state index is 13.1. The van der Waals surface area contributed by atoms with Crippen molar-refractivity contribution in [1.29, 1.82) is 0 Å². The van der Waals surface area contributed by atoms with Gasteiger partial charge in [-0.15, -0.1) is 0 Å². The Balaban J connectivity index is 1.33. The van der Waals surface area contributed by atoms with Gasteiger partial charge in [0.25, 0.3) is 5.91 Å². The van der Waals surface area contributed by atoms with E-state index in [1.165, 1.54) is 16.7 Å². The van der Waals surface area contributed by atoms with Crippen LogP contribution in [-0.2, 0) is 0 Å². The van der Waals surface area contributed by atoms with Gasteiger partial charge >= 0.3 is 5.91 Å². The van der Waals surface area contributed by atoms with E-state index in [1.54, 1.807) is 60.7 Å². The molecule has 0 aliphatic carbocycles. The third-order valence-corrected chi connectivity index (χ3v) is 6.57. The maximum absolute atomic E-state index is 13.1. The number of hydrogen-bond acceptors (Lipinski definition) is 5. The lowest BCUT2D eigenvalue weighted by molar-refractivity contribution is 0.0829. The first-order valence-corrected chi connectivity index (χ1v) is 12.0. The lowest BCUT2D eigenvalue weighted by atomic mass is 10.2. The summed E-state index contributed by atoms with van der Waals surface area (Å²) in [7, 11) is 0. The van der Waals surface area contributed by atoms with Crippen LogP contribution in [0.1, 0.15) is 21.1 Å². The van der Waals surface area contributed by atoms with Crippen LogP contribution in [0.4, 0.5) is 0 Å². The second-order valence-electron chi connectivity index (χ2n) is 7.35. The normalized spacial score (nSPS) is 14.6. The summed E-state index contributed by atoms with van der Waals surface area (Å²) in [6.45, 7) is 0.417. The van der Waals surface area contributed by atoms with E-state index in [1.807, 2.05) is 12.1 Å². The first kappa shape index (κ1) is 22.5. The van der Waals surface area contributed by atoms with Gasteiger partial charge in [0.1, 0.15) is 11.5 Å². The standard InChI is InChI=1S/C25H16Cl2N2O4S/c26-17-5-1-15(2-6-17)19-9-11-21(32-19)23(30)28-25-29(13-14-34-25)24(31)22-12-10-20(33-22)16-3-7-18(27)8-4-16/h1-12H,13-14H2. The fraction of sp³-hybridized carbons (Fsp3) is 0.0800. The molecule has 1 fully saturated rings. The Morgan fingerprint density at radius 1 is 0.765 bits per heavy atom. The van der Waals surface area contributed by atoms with Crippen molar-refractivity contribution in [2.45, 2.75) is 0 Å². The predicted octanol–water partition coefficient (Wildman–Crippen LogP) is 6.90. The minimum Gasteiger partial charge on any atom is -0.451 e. The van der Waals surface area contributed by atoms with Crippen LogP contribution in [0.3, 0.4) is 0 Å². The first-order chi connectivity index (χ1) is 16.5. The smallest absolute Gasteiger partial charge is 0.315 e. The minimum atomic E-state index is -0.566. The van der Waals surface area contributed by atoms with Gasteiger partial charge in [0, 0.05) is 33.5 Å². The molecule has 3 heterocycles. The molecule has 0 unspecified atom stereocenters. The van der Waals surface area contributed by atoms with Crippen molar-refractivity contribution in [1.82, 2.24) is 4.90 Å². The zero-order chi connectivity index (χ0) is 23.7. The van der Waals surface area contributed by atoms with Crippen molar-refractivity contribution in [3.63, 3.8) is 0 Å². The van der Waals surface area contributed by atoms with Crippen LogP contribution in [0.2, 0.25) is 10.0 Å². The van der Waals surface area contributed by atoms with Crippen LogP contribution in [0.25, 0.3) is 22.6 Å². The van der Waals surface area contributed by atoms with Crippen LogP contribution in [0, 0.1) is 0 Å². The highest BCUT2D eigenvalue weighted by molar-refractivity contribution is 8.14. The number of halogens is 2. The molecule has 6 nitrogen and oxygen atoms in total. The molecule has 34 heavy (non-hydrogen) atoms. The van der Waals surface area contributed by atoms with E-state index in [0.29, 0.717) is 39.0 Å². The van der Waals surface area contributed by atoms with Gasteiger partial charge in [0.05, 0.1) is 0 Å². The molecule has 170 valence electrons. The molecule has 5 rings (SSSR count). The predicted molar refractivity (Wildman–Crippen MR) is 134 cm³/mol. The number of carbonyl (C=O) groups excluding carboxylic acids is 2. The largest absolute Gasteiger partial charge is 0.451 e. The monoisotopic (exact) mass is 510 g/mol. The van der Waals surface area contributed by atoms with E-state index >= 15 is 0 Å². The molecule has 9 heteroatoms. The average Bonchev–Trinajstić information content (AvgIpc) is 3.60. The second kappa shape index (κ2) is 9.54. The summed E-state index contributed by atoms with van der Waals surface area (Å²) in [4.78, 5) is 31.4. The molecule has 0 bridgehead atoms. The SMILES string of the molecule is O=C(N=C1SCCN1C(=O)c1ccc(-c2ccc(Cl)cc2)o1)c1ccc(-c2ccc(Cl)cc2)o1. The number of nitrogens with zero attached hydrogens (tertiary/aromatic N) is 2. The van der Waals surface area contributed by atoms with Gasteiger partial charge < -0.3 is 8.83 Å². The Morgan fingerprint density at radius 3 is 1.88 bits per heavy atom. The van der Waals surface area contributed by atoms with Crippen molar-refractivity contribution in [2.75, 3.05) is 12.3 Å². The zero-order valence-corrected chi connectivity index (χ0v) is 19.9. The van der Waals surface area contributed by atoms with Crippen molar-refractivity contribution >= 4 is 51.9 Å². The van der Waals surface area contributed by atoms with Crippen LogP contribution < -0.4 is 0 Å². The van der Waals surface area contributed by atoms with E-state index in [4.69, 9.17) is 32.0 Å². The van der Waals surface area contributed by atoms with Crippen LogP contribution in [0.5, 0.6) is 0 Å². The number of amides is 2. The number of rotatable bonds is 4. The van der Waals surface area contributed by atoms with Gasteiger partial charge in [-0.05, 0) is 72.8 Å². The third-order valence-electron chi connectivity index (χ3n) is 5.11. The molecular formula is C25H16Cl2N2O4S. The summed E-state index contributed by atoms with van der Waals surface area (Å²) in [6.07, 6.45) is 0. The molecule has 0 N–H and O–H groups in total. The van der Waals surface area contributed by atoms with E-state index in [9.17, 15) is 9.59 Å². The average molecular weight is 511 g/mol. The lowest BCUT2D eigenvalue weighted by Crippen LogP contribution is -2.32. The minimum absolute atomic E-state index is 0.0837. The summed E-state index contributed by atoms with van der Waals surface area (Å²) in [6, 6.07) is 20.8. The van der Waals surface area contributed by atoms with Gasteiger partial charge in [-0.1, -0.05) is 35.0 Å². The molecular weight excluding hydrogens is 495 g/mol. The molecule has 1 aliphatic rings. The van der Waals surface area contributed by atoms with Crippen LogP contribution in [-0.4, -0.2) is 34.2 Å². The Morgan fingerprint density at radius 2 is 1.29 bits per heavy atom.